The van der Waals surface area contributed by atoms with Crippen molar-refractivity contribution in [2.24, 2.45) is 0 Å². The maximum atomic E-state index is 13.1. The normalized spacial score (nSPS) is 12.4. The first-order chi connectivity index (χ1) is 13.0. The number of rotatable bonds is 8. The Morgan fingerprint density at radius 3 is 2.36 bits per heavy atom. The highest BCUT2D eigenvalue weighted by molar-refractivity contribution is 7.89. The van der Waals surface area contributed by atoms with Crippen LogP contribution in [0.5, 0.6) is 0 Å². The fourth-order valence-corrected chi connectivity index (χ4v) is 4.10. The highest BCUT2D eigenvalue weighted by atomic mass is 32.2. The number of aryl methyl sites for hydroxylation is 1. The summed E-state index contributed by atoms with van der Waals surface area (Å²) in [7, 11) is -3.79. The van der Waals surface area contributed by atoms with Crippen molar-refractivity contribution in [3.63, 3.8) is 0 Å². The fraction of sp³-hybridized carbons (Fsp3) is 0.500. The lowest BCUT2D eigenvalue weighted by atomic mass is 9.87. The van der Waals surface area contributed by atoms with Crippen LogP contribution in [0.25, 0.3) is 0 Å². The largest absolute Gasteiger partial charge is 0.360 e. The number of sulfonamides is 1. The summed E-state index contributed by atoms with van der Waals surface area (Å²) in [6.07, 6.45) is 1.48. The van der Waals surface area contributed by atoms with Gasteiger partial charge in [0, 0.05) is 12.6 Å². The molecule has 0 aliphatic carbocycles. The van der Waals surface area contributed by atoms with Crippen molar-refractivity contribution in [1.29, 1.82) is 0 Å². The molecule has 0 aliphatic rings. The Morgan fingerprint density at radius 2 is 1.86 bits per heavy atom. The minimum atomic E-state index is -3.79. The average molecular weight is 408 g/mol. The van der Waals surface area contributed by atoms with Crippen LogP contribution in [0.1, 0.15) is 51.9 Å². The molecule has 7 nitrogen and oxygen atoms in total. The van der Waals surface area contributed by atoms with E-state index in [0.717, 1.165) is 12.0 Å². The van der Waals surface area contributed by atoms with E-state index in [4.69, 9.17) is 4.52 Å². The summed E-state index contributed by atoms with van der Waals surface area (Å²) in [5.74, 6) is 0.369. The number of hydrogen-bond donors (Lipinski definition) is 1. The molecule has 0 spiro atoms. The molecule has 0 saturated heterocycles. The predicted molar refractivity (Wildman–Crippen MR) is 109 cm³/mol. The second-order valence-electron chi connectivity index (χ2n) is 7.84. The third kappa shape index (κ3) is 5.65. The van der Waals surface area contributed by atoms with E-state index in [-0.39, 0.29) is 29.2 Å². The predicted octanol–water partition coefficient (Wildman–Crippen LogP) is 3.71. The number of carbonyl (C=O) groups excluding carboxylic acids is 1. The van der Waals surface area contributed by atoms with Gasteiger partial charge in [-0.05, 0) is 36.5 Å². The van der Waals surface area contributed by atoms with Crippen LogP contribution in [-0.4, -0.2) is 36.9 Å². The molecule has 0 fully saturated rings. The molecule has 1 heterocycles. The van der Waals surface area contributed by atoms with Crippen LogP contribution in [0.4, 0.5) is 5.82 Å². The van der Waals surface area contributed by atoms with Crippen molar-refractivity contribution >= 4 is 21.7 Å². The molecule has 28 heavy (non-hydrogen) atoms. The summed E-state index contributed by atoms with van der Waals surface area (Å²) in [5.41, 5.74) is 0.977. The Bertz CT molecular complexity index is 896. The van der Waals surface area contributed by atoms with E-state index in [1.165, 1.54) is 4.31 Å². The van der Waals surface area contributed by atoms with E-state index in [1.54, 1.807) is 25.1 Å². The molecule has 1 aromatic carbocycles. The van der Waals surface area contributed by atoms with E-state index < -0.39 is 15.9 Å². The third-order valence-corrected chi connectivity index (χ3v) is 6.19. The van der Waals surface area contributed by atoms with Crippen LogP contribution in [0.2, 0.25) is 0 Å². The Hall–Kier alpha value is -2.19. The Kier molecular flexibility index (Phi) is 7.01. The molecule has 0 atom stereocenters. The summed E-state index contributed by atoms with van der Waals surface area (Å²) < 4.78 is 32.3. The molecule has 2 aromatic rings. The molecule has 0 unspecified atom stereocenters. The third-order valence-electron chi connectivity index (χ3n) is 4.33. The molecular weight excluding hydrogens is 378 g/mol. The van der Waals surface area contributed by atoms with Crippen molar-refractivity contribution in [2.45, 2.75) is 57.8 Å². The summed E-state index contributed by atoms with van der Waals surface area (Å²) in [4.78, 5) is 12.5. The van der Waals surface area contributed by atoms with Crippen molar-refractivity contribution < 1.29 is 17.7 Å². The van der Waals surface area contributed by atoms with E-state index in [2.05, 4.69) is 31.2 Å². The lowest BCUT2D eigenvalue weighted by molar-refractivity contribution is -0.116. The molecule has 0 aliphatic heterocycles. The number of nitrogens with one attached hydrogen (secondary N) is 1. The van der Waals surface area contributed by atoms with Gasteiger partial charge in [0.15, 0.2) is 5.82 Å². The monoisotopic (exact) mass is 407 g/mol. The quantitative estimate of drug-likeness (QED) is 0.720. The number of hydrogen-bond acceptors (Lipinski definition) is 5. The van der Waals surface area contributed by atoms with Crippen LogP contribution in [0.15, 0.2) is 39.8 Å². The Balaban J connectivity index is 2.20. The van der Waals surface area contributed by atoms with Gasteiger partial charge >= 0.3 is 0 Å². The van der Waals surface area contributed by atoms with Gasteiger partial charge in [-0.3, -0.25) is 4.79 Å². The van der Waals surface area contributed by atoms with Crippen LogP contribution in [-0.2, 0) is 20.2 Å². The highest BCUT2D eigenvalue weighted by Gasteiger charge is 2.27. The van der Waals surface area contributed by atoms with Crippen LogP contribution >= 0.6 is 0 Å². The summed E-state index contributed by atoms with van der Waals surface area (Å²) >= 11 is 0. The van der Waals surface area contributed by atoms with Crippen molar-refractivity contribution in [1.82, 2.24) is 9.46 Å². The van der Waals surface area contributed by atoms with Gasteiger partial charge in [0.2, 0.25) is 15.9 Å². The lowest BCUT2D eigenvalue weighted by Gasteiger charge is -2.23. The Morgan fingerprint density at radius 1 is 1.21 bits per heavy atom. The van der Waals surface area contributed by atoms with Gasteiger partial charge < -0.3 is 9.84 Å². The second kappa shape index (κ2) is 8.87. The number of nitrogens with zero attached hydrogens (tertiary/aromatic N) is 2. The zero-order valence-corrected chi connectivity index (χ0v) is 18.0. The van der Waals surface area contributed by atoms with Gasteiger partial charge in [-0.1, -0.05) is 51.4 Å². The molecule has 1 aromatic heterocycles. The summed E-state index contributed by atoms with van der Waals surface area (Å²) in [6.45, 7) is 9.88. The molecule has 0 radical (unpaired) electrons. The van der Waals surface area contributed by atoms with Crippen molar-refractivity contribution in [3.05, 3.63) is 41.7 Å². The molecule has 2 rings (SSSR count). The molecule has 154 valence electrons. The number of aromatic nitrogens is 1. The van der Waals surface area contributed by atoms with E-state index in [9.17, 15) is 13.2 Å². The SMILES string of the molecule is CCCCN(CC(=O)Nc1cc(C)on1)S(=O)(=O)c1ccc(C(C)(C)C)cc1. The first kappa shape index (κ1) is 22.1. The second-order valence-corrected chi connectivity index (χ2v) is 9.78. The van der Waals surface area contributed by atoms with Gasteiger partial charge in [0.25, 0.3) is 0 Å². The average Bonchev–Trinajstić information content (AvgIpc) is 3.02. The Labute approximate surface area is 167 Å². The molecule has 0 bridgehead atoms. The maximum Gasteiger partial charge on any atom is 0.243 e. The zero-order chi connectivity index (χ0) is 20.9. The van der Waals surface area contributed by atoms with E-state index in [1.807, 2.05) is 19.1 Å². The van der Waals surface area contributed by atoms with Crippen LogP contribution in [0, 0.1) is 6.92 Å². The first-order valence-corrected chi connectivity index (χ1v) is 10.8. The smallest absolute Gasteiger partial charge is 0.243 e. The molecule has 1 N–H and O–H groups in total. The number of benzene rings is 1. The molecular formula is C20H29N3O4S. The number of unbranched alkanes of at least 4 members (excludes halogenated alkanes) is 1. The maximum absolute atomic E-state index is 13.1. The fourth-order valence-electron chi connectivity index (χ4n) is 2.66. The summed E-state index contributed by atoms with van der Waals surface area (Å²) in [6, 6.07) is 8.43. The number of amides is 1. The van der Waals surface area contributed by atoms with Crippen molar-refractivity contribution in [2.75, 3.05) is 18.4 Å². The van der Waals surface area contributed by atoms with Gasteiger partial charge in [-0.25, -0.2) is 8.42 Å². The van der Waals surface area contributed by atoms with Crippen molar-refractivity contribution in [3.8, 4) is 0 Å². The highest BCUT2D eigenvalue weighted by Crippen LogP contribution is 2.25. The lowest BCUT2D eigenvalue weighted by Crippen LogP contribution is -2.38. The van der Waals surface area contributed by atoms with Crippen LogP contribution in [0.3, 0.4) is 0 Å². The molecule has 1 amide bonds. The number of anilines is 1. The first-order valence-electron chi connectivity index (χ1n) is 9.38. The van der Waals surface area contributed by atoms with Gasteiger partial charge in [0.1, 0.15) is 5.76 Å². The topological polar surface area (TPSA) is 92.5 Å². The van der Waals surface area contributed by atoms with Gasteiger partial charge in [-0.15, -0.1) is 0 Å². The van der Waals surface area contributed by atoms with E-state index >= 15 is 0 Å². The summed E-state index contributed by atoms with van der Waals surface area (Å²) in [5, 5.41) is 6.28. The number of carbonyl (C=O) groups is 1. The van der Waals surface area contributed by atoms with Crippen LogP contribution < -0.4 is 5.32 Å². The molecule has 0 saturated carbocycles. The standard InChI is InChI=1S/C20H29N3O4S/c1-6-7-12-23(14-19(24)21-18-13-15(2)27-22-18)28(25,26)17-10-8-16(9-11-17)20(3,4)5/h8-11,13H,6-7,12,14H2,1-5H3,(H,21,22,24). The molecule has 8 heteroatoms. The van der Waals surface area contributed by atoms with Gasteiger partial charge in [-0.2, -0.15) is 4.31 Å². The zero-order valence-electron chi connectivity index (χ0n) is 17.2. The minimum Gasteiger partial charge on any atom is -0.360 e. The minimum absolute atomic E-state index is 0.0696. The van der Waals surface area contributed by atoms with E-state index in [0.29, 0.717) is 12.2 Å². The van der Waals surface area contributed by atoms with Gasteiger partial charge in [0.05, 0.1) is 11.4 Å².